The molecule has 0 fully saturated rings. The van der Waals surface area contributed by atoms with Crippen LogP contribution in [0, 0.1) is 0 Å². The van der Waals surface area contributed by atoms with E-state index in [0.29, 0.717) is 26.1 Å². The third kappa shape index (κ3) is 4.36. The fraction of sp³-hybridized carbons (Fsp3) is 0.263. The van der Waals surface area contributed by atoms with Crippen LogP contribution in [-0.2, 0) is 29.2 Å². The maximum Gasteiger partial charge on any atom is 0.341 e. The summed E-state index contributed by atoms with van der Waals surface area (Å²) in [6, 6.07) is 15.2. The first-order chi connectivity index (χ1) is 12.1. The molecule has 6 heteroatoms. The number of rotatable bonds is 4. The highest BCUT2D eigenvalue weighted by Gasteiger charge is 2.22. The number of anilines is 1. The Morgan fingerprint density at radius 2 is 1.92 bits per heavy atom. The number of hydroxylamine groups is 1. The molecular weight excluding hydrogens is 318 g/mol. The van der Waals surface area contributed by atoms with Gasteiger partial charge >= 0.3 is 6.03 Å². The second-order valence-electron chi connectivity index (χ2n) is 5.98. The highest BCUT2D eigenvalue weighted by molar-refractivity contribution is 5.90. The third-order valence-corrected chi connectivity index (χ3v) is 4.11. The molecule has 0 saturated heterocycles. The summed E-state index contributed by atoms with van der Waals surface area (Å²) in [5.74, 6) is -0.0946. The van der Waals surface area contributed by atoms with Crippen molar-refractivity contribution in [2.75, 3.05) is 11.9 Å². The number of urea groups is 1. The summed E-state index contributed by atoms with van der Waals surface area (Å²) in [5.41, 5.74) is 6.44. The number of nitrogens with one attached hydrogen (secondary N) is 2. The van der Waals surface area contributed by atoms with E-state index in [1.54, 1.807) is 4.90 Å². The van der Waals surface area contributed by atoms with Crippen LogP contribution in [0.5, 0.6) is 0 Å². The van der Waals surface area contributed by atoms with Crippen LogP contribution in [0.15, 0.2) is 48.5 Å². The van der Waals surface area contributed by atoms with Crippen LogP contribution in [0.1, 0.15) is 23.6 Å². The van der Waals surface area contributed by atoms with Gasteiger partial charge in [0.15, 0.2) is 0 Å². The molecule has 0 spiro atoms. The van der Waals surface area contributed by atoms with E-state index in [1.807, 2.05) is 48.5 Å². The van der Waals surface area contributed by atoms with Gasteiger partial charge in [-0.05, 0) is 29.2 Å². The number of hydrogen-bond donors (Lipinski definition) is 2. The van der Waals surface area contributed by atoms with Gasteiger partial charge in [0.25, 0.3) is 0 Å². The monoisotopic (exact) mass is 339 g/mol. The lowest BCUT2D eigenvalue weighted by Crippen LogP contribution is -2.42. The minimum absolute atomic E-state index is 0.0946. The Labute approximate surface area is 146 Å². The highest BCUT2D eigenvalue weighted by Crippen LogP contribution is 2.26. The lowest BCUT2D eigenvalue weighted by Gasteiger charge is -2.30. The molecule has 0 atom stereocenters. The first kappa shape index (κ1) is 17.0. The molecule has 2 aromatic rings. The maximum absolute atomic E-state index is 12.3. The summed E-state index contributed by atoms with van der Waals surface area (Å²) in [4.78, 5) is 30.6. The van der Waals surface area contributed by atoms with Crippen LogP contribution in [-0.4, -0.2) is 23.4 Å². The van der Waals surface area contributed by atoms with Crippen LogP contribution in [0.25, 0.3) is 0 Å². The zero-order chi connectivity index (χ0) is 17.6. The molecule has 3 rings (SSSR count). The molecule has 1 aliphatic rings. The minimum Gasteiger partial charge on any atom is -0.326 e. The molecule has 0 aromatic heterocycles. The number of benzene rings is 2. The van der Waals surface area contributed by atoms with E-state index in [9.17, 15) is 9.59 Å². The van der Waals surface area contributed by atoms with Crippen molar-refractivity contribution in [3.63, 3.8) is 0 Å². The summed E-state index contributed by atoms with van der Waals surface area (Å²) >= 11 is 0. The molecule has 25 heavy (non-hydrogen) atoms. The van der Waals surface area contributed by atoms with Crippen molar-refractivity contribution in [3.8, 4) is 0 Å². The Morgan fingerprint density at radius 3 is 2.68 bits per heavy atom. The van der Waals surface area contributed by atoms with Gasteiger partial charge < -0.3 is 10.2 Å². The molecule has 3 amide bonds. The van der Waals surface area contributed by atoms with Crippen LogP contribution in [0.2, 0.25) is 0 Å². The van der Waals surface area contributed by atoms with Crippen molar-refractivity contribution in [3.05, 3.63) is 65.2 Å². The highest BCUT2D eigenvalue weighted by atomic mass is 16.7. The molecule has 0 unspecified atom stereocenters. The van der Waals surface area contributed by atoms with Gasteiger partial charge in [-0.1, -0.05) is 42.5 Å². The van der Waals surface area contributed by atoms with E-state index >= 15 is 0 Å². The zero-order valence-electron chi connectivity index (χ0n) is 14.1. The maximum atomic E-state index is 12.3. The van der Waals surface area contributed by atoms with Gasteiger partial charge in [-0.25, -0.2) is 10.3 Å². The topological polar surface area (TPSA) is 70.7 Å². The molecule has 1 heterocycles. The molecule has 1 aliphatic heterocycles. The van der Waals surface area contributed by atoms with Crippen LogP contribution in [0.4, 0.5) is 10.5 Å². The standard InChI is InChI=1S/C19H21N3O3/c1-14(23)20-18-9-5-8-16-12-22(11-10-17(16)18)19(24)21-25-13-15-6-3-2-4-7-15/h2-9H,10-13H2,1H3,(H,20,23)(H,21,24). The average molecular weight is 339 g/mol. The van der Waals surface area contributed by atoms with Gasteiger partial charge in [-0.15, -0.1) is 0 Å². The summed E-state index contributed by atoms with van der Waals surface area (Å²) in [7, 11) is 0. The van der Waals surface area contributed by atoms with Crippen molar-refractivity contribution in [2.45, 2.75) is 26.5 Å². The fourth-order valence-electron chi connectivity index (χ4n) is 2.91. The molecule has 0 aliphatic carbocycles. The molecule has 2 aromatic carbocycles. The Hall–Kier alpha value is -2.86. The third-order valence-electron chi connectivity index (χ3n) is 4.11. The summed E-state index contributed by atoms with van der Waals surface area (Å²) in [6.45, 7) is 2.88. The number of amides is 3. The fourth-order valence-corrected chi connectivity index (χ4v) is 2.91. The number of hydrogen-bond acceptors (Lipinski definition) is 3. The lowest BCUT2D eigenvalue weighted by molar-refractivity contribution is -0.114. The van der Waals surface area contributed by atoms with Gasteiger partial charge in [0.05, 0.1) is 6.61 Å². The van der Waals surface area contributed by atoms with Crippen molar-refractivity contribution >= 4 is 17.6 Å². The van der Waals surface area contributed by atoms with Gasteiger partial charge in [-0.3, -0.25) is 9.63 Å². The molecule has 0 bridgehead atoms. The van der Waals surface area contributed by atoms with Crippen LogP contribution >= 0.6 is 0 Å². The largest absolute Gasteiger partial charge is 0.341 e. The second-order valence-corrected chi connectivity index (χ2v) is 5.98. The molecule has 6 nitrogen and oxygen atoms in total. The van der Waals surface area contributed by atoms with E-state index in [4.69, 9.17) is 4.84 Å². The number of nitrogens with zero attached hydrogens (tertiary/aromatic N) is 1. The van der Waals surface area contributed by atoms with Gasteiger partial charge in [0.1, 0.15) is 0 Å². The predicted octanol–water partition coefficient (Wildman–Crippen LogP) is 2.84. The minimum atomic E-state index is -0.258. The van der Waals surface area contributed by atoms with E-state index in [2.05, 4.69) is 10.8 Å². The zero-order valence-corrected chi connectivity index (χ0v) is 14.1. The van der Waals surface area contributed by atoms with Crippen molar-refractivity contribution < 1.29 is 14.4 Å². The van der Waals surface area contributed by atoms with E-state index in [-0.39, 0.29) is 11.9 Å². The normalized spacial score (nSPS) is 13.1. The molecule has 0 radical (unpaired) electrons. The smallest absolute Gasteiger partial charge is 0.326 e. The van der Waals surface area contributed by atoms with E-state index in [0.717, 1.165) is 22.4 Å². The summed E-state index contributed by atoms with van der Waals surface area (Å²) in [5, 5.41) is 2.85. The Morgan fingerprint density at radius 1 is 1.12 bits per heavy atom. The second kappa shape index (κ2) is 7.81. The number of fused-ring (bicyclic) bond motifs is 1. The Kier molecular flexibility index (Phi) is 5.30. The molecular formula is C19H21N3O3. The number of carbonyl (C=O) groups is 2. The van der Waals surface area contributed by atoms with Crippen LogP contribution in [0.3, 0.4) is 0 Å². The summed E-state index contributed by atoms with van der Waals surface area (Å²) < 4.78 is 0. The average Bonchev–Trinajstić information content (AvgIpc) is 2.62. The van der Waals surface area contributed by atoms with Gasteiger partial charge in [-0.2, -0.15) is 0 Å². The quantitative estimate of drug-likeness (QED) is 0.842. The van der Waals surface area contributed by atoms with Crippen LogP contribution < -0.4 is 10.8 Å². The Balaban J connectivity index is 1.57. The van der Waals surface area contributed by atoms with Crippen molar-refractivity contribution in [1.29, 1.82) is 0 Å². The van der Waals surface area contributed by atoms with Gasteiger partial charge in [0.2, 0.25) is 5.91 Å². The molecule has 130 valence electrons. The first-order valence-corrected chi connectivity index (χ1v) is 8.22. The number of carbonyl (C=O) groups excluding carboxylic acids is 2. The SMILES string of the molecule is CC(=O)Nc1cccc2c1CCN(C(=O)NOCc1ccccc1)C2. The van der Waals surface area contributed by atoms with E-state index in [1.165, 1.54) is 6.92 Å². The first-order valence-electron chi connectivity index (χ1n) is 8.22. The Bertz CT molecular complexity index is 762. The molecule has 0 saturated carbocycles. The lowest BCUT2D eigenvalue weighted by atomic mass is 9.98. The predicted molar refractivity (Wildman–Crippen MR) is 94.6 cm³/mol. The van der Waals surface area contributed by atoms with E-state index < -0.39 is 0 Å². The summed E-state index contributed by atoms with van der Waals surface area (Å²) in [6.07, 6.45) is 0.692. The molecule has 2 N–H and O–H groups in total. The van der Waals surface area contributed by atoms with Crippen molar-refractivity contribution in [1.82, 2.24) is 10.4 Å². The van der Waals surface area contributed by atoms with Gasteiger partial charge in [0, 0.05) is 25.7 Å². The van der Waals surface area contributed by atoms with Crippen molar-refractivity contribution in [2.24, 2.45) is 0 Å².